The summed E-state index contributed by atoms with van der Waals surface area (Å²) in [5.41, 5.74) is -5.47. The number of rotatable bonds is 14. The van der Waals surface area contributed by atoms with Gasteiger partial charge in [0, 0.05) is 71.0 Å². The molecule has 3 heterocycles. The van der Waals surface area contributed by atoms with Gasteiger partial charge in [-0.05, 0) is 82.9 Å². The number of esters is 1. The van der Waals surface area contributed by atoms with Gasteiger partial charge in [0.2, 0.25) is 0 Å². The number of hydrogen-bond donors (Lipinski definition) is 2. The van der Waals surface area contributed by atoms with E-state index < -0.39 is 105 Å². The molecule has 3 aliphatic heterocycles. The lowest BCUT2D eigenvalue weighted by Crippen LogP contribution is -2.54. The molecule has 6 amide bonds. The molecule has 2 spiro atoms. The third kappa shape index (κ3) is 14.3. The molecule has 19 nitrogen and oxygen atoms in total. The zero-order valence-electron chi connectivity index (χ0n) is 46.5. The maximum atomic E-state index is 14.6. The highest BCUT2D eigenvalue weighted by Crippen LogP contribution is 2.53. The number of methoxy groups -OCH3 is 1. The minimum Gasteiger partial charge on any atom is -0.475 e. The second-order valence-corrected chi connectivity index (χ2v) is 21.8. The van der Waals surface area contributed by atoms with Crippen molar-refractivity contribution in [1.29, 1.82) is 0 Å². The van der Waals surface area contributed by atoms with Crippen molar-refractivity contribution < 1.29 is 88.3 Å². The molecule has 2 N–H and O–H groups in total. The van der Waals surface area contributed by atoms with Gasteiger partial charge in [0.1, 0.15) is 30.3 Å². The summed E-state index contributed by atoms with van der Waals surface area (Å²) in [6.07, 6.45) is -9.40. The van der Waals surface area contributed by atoms with Gasteiger partial charge < -0.3 is 58.7 Å². The Kier molecular flexibility index (Phi) is 17.8. The van der Waals surface area contributed by atoms with Crippen LogP contribution in [0.25, 0.3) is 0 Å². The molecule has 1 saturated heterocycles. The third-order valence-corrected chi connectivity index (χ3v) is 14.2. The monoisotopic (exact) mass is 1170 g/mol. The molecule has 0 radical (unpaired) electrons. The van der Waals surface area contributed by atoms with Crippen molar-refractivity contribution in [3.63, 3.8) is 0 Å². The van der Waals surface area contributed by atoms with E-state index in [0.717, 1.165) is 36.4 Å². The molecule has 3 fully saturated rings. The van der Waals surface area contributed by atoms with Gasteiger partial charge in [-0.25, -0.2) is 19.2 Å². The van der Waals surface area contributed by atoms with Gasteiger partial charge >= 0.3 is 36.6 Å². The van der Waals surface area contributed by atoms with Gasteiger partial charge in [0.25, 0.3) is 17.7 Å². The molecule has 4 aromatic carbocycles. The maximum absolute atomic E-state index is 14.6. The number of halogens is 6. The Morgan fingerprint density at radius 1 is 0.687 bits per heavy atom. The second-order valence-electron chi connectivity index (χ2n) is 21.8. The molecule has 2 aliphatic carbocycles. The minimum atomic E-state index is -4.92. The topological polar surface area (TPSA) is 212 Å². The van der Waals surface area contributed by atoms with Crippen molar-refractivity contribution in [2.24, 2.45) is 0 Å². The van der Waals surface area contributed by atoms with Crippen LogP contribution >= 0.6 is 0 Å². The van der Waals surface area contributed by atoms with E-state index in [4.69, 9.17) is 23.7 Å². The molecule has 0 bridgehead atoms. The number of benzene rings is 4. The maximum Gasteiger partial charge on any atom is 0.417 e. The highest BCUT2D eigenvalue weighted by atomic mass is 19.4. The summed E-state index contributed by atoms with van der Waals surface area (Å²) in [7, 11) is 0.964. The number of fused-ring (bicyclic) bond motifs is 2. The standard InChI is InChI=1S/C35H43F3N4O7.C23H21F3N2O6/c1-22(2)42(24-12-9-16-40(20-24)32(46)49-33(3,4)5)29(43)25-18-27-28(19-26(25)35(36,37)38)48-34(13-14-34)30(44)41(27)17-15-39-31(45)47-21-23-10-7-6-8-11-23;1-32-19(29)15-11-17-18(12-16(15)23(24,25)26)34-22(7-8-22)20(30)28(17)10-9-27-21(31)33-13-14-5-3-2-4-6-14/h6-8,10-11,18-19,22,24H,9,12-17,20-21H2,1-5H3,(H,39,45);2-6,11-12H,7-10,13H2,1H3,(H,27,31)/t24-;/m1./s1. The number of hydrogen-bond acceptors (Lipinski definition) is 13. The van der Waals surface area contributed by atoms with Gasteiger partial charge in [-0.1, -0.05) is 60.7 Å². The van der Waals surface area contributed by atoms with E-state index in [1.165, 1.54) is 19.6 Å². The average molecular weight is 1170 g/mol. The highest BCUT2D eigenvalue weighted by molar-refractivity contribution is 6.08. The number of likely N-dealkylation sites (tertiary alicyclic amines) is 1. The first-order valence-electron chi connectivity index (χ1n) is 26.9. The van der Waals surface area contributed by atoms with E-state index in [1.807, 2.05) is 24.3 Å². The van der Waals surface area contributed by atoms with E-state index in [-0.39, 0.29) is 68.8 Å². The fourth-order valence-corrected chi connectivity index (χ4v) is 9.89. The number of carbonyl (C=O) groups excluding carboxylic acids is 7. The van der Waals surface area contributed by atoms with Crippen LogP contribution in [0.1, 0.15) is 116 Å². The Bertz CT molecular complexity index is 3090. The number of carbonyl (C=O) groups is 7. The van der Waals surface area contributed by atoms with E-state index in [1.54, 1.807) is 71.0 Å². The van der Waals surface area contributed by atoms with Gasteiger partial charge in [0.05, 0.1) is 46.8 Å². The summed E-state index contributed by atoms with van der Waals surface area (Å²) >= 11 is 0. The first kappa shape index (κ1) is 60.8. The normalized spacial score (nSPS) is 17.4. The van der Waals surface area contributed by atoms with Crippen LogP contribution < -0.4 is 29.9 Å². The molecule has 1 atom stereocenters. The molecule has 446 valence electrons. The summed E-state index contributed by atoms with van der Waals surface area (Å²) in [5, 5.41) is 5.10. The van der Waals surface area contributed by atoms with Crippen LogP contribution in [0, 0.1) is 0 Å². The Labute approximate surface area is 474 Å². The van der Waals surface area contributed by atoms with E-state index in [0.29, 0.717) is 51.1 Å². The largest absolute Gasteiger partial charge is 0.475 e. The van der Waals surface area contributed by atoms with Crippen molar-refractivity contribution >= 4 is 53.3 Å². The van der Waals surface area contributed by atoms with Crippen molar-refractivity contribution in [2.75, 3.05) is 56.2 Å². The molecule has 4 aromatic rings. The number of alkyl carbamates (subject to hydrolysis) is 2. The van der Waals surface area contributed by atoms with Crippen LogP contribution in [0.3, 0.4) is 0 Å². The van der Waals surface area contributed by atoms with Crippen LogP contribution in [0.2, 0.25) is 0 Å². The van der Waals surface area contributed by atoms with E-state index >= 15 is 0 Å². The first-order valence-corrected chi connectivity index (χ1v) is 26.9. The van der Waals surface area contributed by atoms with E-state index in [2.05, 4.69) is 15.4 Å². The molecular weight excluding hydrogens is 1100 g/mol. The van der Waals surface area contributed by atoms with Crippen molar-refractivity contribution in [1.82, 2.24) is 20.4 Å². The number of alkyl halides is 6. The smallest absolute Gasteiger partial charge is 0.417 e. The van der Waals surface area contributed by atoms with Gasteiger partial charge in [0.15, 0.2) is 11.2 Å². The molecule has 83 heavy (non-hydrogen) atoms. The summed E-state index contributed by atoms with van der Waals surface area (Å²) in [6, 6.07) is 20.5. The van der Waals surface area contributed by atoms with Gasteiger partial charge in [-0.3, -0.25) is 14.4 Å². The minimum absolute atomic E-state index is 0.000981. The second kappa shape index (κ2) is 24.3. The molecule has 5 aliphatic rings. The molecule has 2 saturated carbocycles. The van der Waals surface area contributed by atoms with Crippen LogP contribution in [0.5, 0.6) is 11.5 Å². The number of anilines is 2. The fraction of sp³-hybridized carbons (Fsp3) is 0.466. The van der Waals surface area contributed by atoms with Crippen molar-refractivity contribution in [2.45, 2.75) is 128 Å². The zero-order chi connectivity index (χ0) is 60.2. The molecule has 25 heteroatoms. The number of piperidine rings is 1. The van der Waals surface area contributed by atoms with E-state index in [9.17, 15) is 59.9 Å². The van der Waals surface area contributed by atoms with Crippen molar-refractivity contribution in [3.05, 3.63) is 118 Å². The fourth-order valence-electron chi connectivity index (χ4n) is 9.89. The number of nitrogens with zero attached hydrogens (tertiary/aromatic N) is 4. The van der Waals surface area contributed by atoms with Crippen LogP contribution in [-0.4, -0.2) is 127 Å². The van der Waals surface area contributed by atoms with Gasteiger partial charge in [-0.15, -0.1) is 0 Å². The van der Waals surface area contributed by atoms with Crippen LogP contribution in [0.15, 0.2) is 84.9 Å². The predicted molar refractivity (Wildman–Crippen MR) is 286 cm³/mol. The van der Waals surface area contributed by atoms with Gasteiger partial charge in [-0.2, -0.15) is 26.3 Å². The predicted octanol–water partition coefficient (Wildman–Crippen LogP) is 9.82. The Morgan fingerprint density at radius 3 is 1.54 bits per heavy atom. The first-order chi connectivity index (χ1) is 39.1. The Morgan fingerprint density at radius 2 is 1.13 bits per heavy atom. The third-order valence-electron chi connectivity index (χ3n) is 14.2. The summed E-state index contributed by atoms with van der Waals surface area (Å²) < 4.78 is 117. The Balaban J connectivity index is 0.000000231. The number of nitrogens with one attached hydrogen (secondary N) is 2. The Hall–Kier alpha value is -8.25. The lowest BCUT2D eigenvalue weighted by atomic mass is 9.97. The number of ether oxygens (including phenoxy) is 6. The SMILES string of the molecule is CC(C)N(C(=O)c1cc2c(cc1C(F)(F)F)OC1(CC1)C(=O)N2CCNC(=O)OCc1ccccc1)[C@@H]1CCCN(C(=O)OC(C)(C)C)C1.COC(=O)c1cc2c(cc1C(F)(F)F)OC1(CC1)C(=O)N2CCNC(=O)OCc1ccccc1. The van der Waals surface area contributed by atoms with Crippen molar-refractivity contribution in [3.8, 4) is 11.5 Å². The quantitative estimate of drug-likeness (QED) is 0.0685. The molecule has 9 rings (SSSR count). The molecular formula is C58H64F6N6O13. The summed E-state index contributed by atoms with van der Waals surface area (Å²) in [4.78, 5) is 95.5. The summed E-state index contributed by atoms with van der Waals surface area (Å²) in [6.45, 7) is 8.91. The molecule has 0 unspecified atom stereocenters. The lowest BCUT2D eigenvalue weighted by Gasteiger charge is -2.42. The number of amides is 6. The molecule has 0 aromatic heterocycles. The average Bonchev–Trinajstić information content (AvgIpc) is 3.34. The van der Waals surface area contributed by atoms with Crippen LogP contribution in [0.4, 0.5) is 52.1 Å². The highest BCUT2D eigenvalue weighted by Gasteiger charge is 2.60. The summed E-state index contributed by atoms with van der Waals surface area (Å²) in [5.74, 6) is -3.32. The van der Waals surface area contributed by atoms with Crippen LogP contribution in [-0.2, 0) is 54.1 Å². The zero-order valence-corrected chi connectivity index (χ0v) is 46.5. The lowest BCUT2D eigenvalue weighted by molar-refractivity contribution is -0.139.